The summed E-state index contributed by atoms with van der Waals surface area (Å²) in [4.78, 5) is 25.8. The lowest BCUT2D eigenvalue weighted by molar-refractivity contribution is -0.132. The minimum absolute atomic E-state index is 0.0153. The molecule has 1 saturated heterocycles. The van der Waals surface area contributed by atoms with Crippen LogP contribution in [0.4, 0.5) is 0 Å². The first kappa shape index (κ1) is 18.0. The molecule has 0 radical (unpaired) electrons. The van der Waals surface area contributed by atoms with Crippen LogP contribution in [0, 0.1) is 5.92 Å². The van der Waals surface area contributed by atoms with Crippen molar-refractivity contribution in [3.63, 3.8) is 0 Å². The second kappa shape index (κ2) is 7.72. The zero-order valence-corrected chi connectivity index (χ0v) is 15.9. The fourth-order valence-corrected chi connectivity index (χ4v) is 4.32. The first-order valence-electron chi connectivity index (χ1n) is 9.34. The number of amides is 2. The van der Waals surface area contributed by atoms with E-state index in [4.69, 9.17) is 5.73 Å². The van der Waals surface area contributed by atoms with E-state index in [9.17, 15) is 9.59 Å². The third kappa shape index (κ3) is 4.00. The first-order valence-corrected chi connectivity index (χ1v) is 10.3. The molecule has 2 aromatic rings. The third-order valence-corrected chi connectivity index (χ3v) is 6.03. The molecule has 1 aromatic carbocycles. The number of carbonyl (C=O) groups is 2. The van der Waals surface area contributed by atoms with Crippen LogP contribution in [0.1, 0.15) is 37.4 Å². The molecule has 1 saturated carbocycles. The van der Waals surface area contributed by atoms with Crippen molar-refractivity contribution < 1.29 is 9.59 Å². The predicted octanol–water partition coefficient (Wildman–Crippen LogP) is 1.96. The SMILES string of the molecule is NC(=O)C1CCCN(C(=O)CSc2nnc(C3CC3)n2-c2ccccc2)C1. The van der Waals surface area contributed by atoms with Crippen LogP contribution in [0.5, 0.6) is 0 Å². The van der Waals surface area contributed by atoms with Crippen molar-refractivity contribution in [1.29, 1.82) is 0 Å². The molecule has 2 fully saturated rings. The summed E-state index contributed by atoms with van der Waals surface area (Å²) in [6.07, 6.45) is 3.85. The van der Waals surface area contributed by atoms with Gasteiger partial charge in [-0.05, 0) is 37.8 Å². The van der Waals surface area contributed by atoms with Crippen LogP contribution in [-0.4, -0.2) is 50.3 Å². The fraction of sp³-hybridized carbons (Fsp3) is 0.474. The summed E-state index contributed by atoms with van der Waals surface area (Å²) in [5, 5.41) is 9.47. The van der Waals surface area contributed by atoms with Gasteiger partial charge in [-0.15, -0.1) is 10.2 Å². The standard InChI is InChI=1S/C19H23N5O2S/c20-17(26)14-5-4-10-23(11-14)16(25)12-27-19-22-21-18(13-8-9-13)24(19)15-6-2-1-3-7-15/h1-3,6-7,13-14H,4-5,8-12H2,(H2,20,26). The Morgan fingerprint density at radius 3 is 2.63 bits per heavy atom. The smallest absolute Gasteiger partial charge is 0.233 e. The van der Waals surface area contributed by atoms with Gasteiger partial charge in [0.25, 0.3) is 0 Å². The first-order chi connectivity index (χ1) is 13.1. The van der Waals surface area contributed by atoms with Crippen LogP contribution in [0.3, 0.4) is 0 Å². The fourth-order valence-electron chi connectivity index (χ4n) is 3.45. The van der Waals surface area contributed by atoms with Gasteiger partial charge in [-0.25, -0.2) is 0 Å². The van der Waals surface area contributed by atoms with Gasteiger partial charge >= 0.3 is 0 Å². The summed E-state index contributed by atoms with van der Waals surface area (Å²) in [5.74, 6) is 1.17. The van der Waals surface area contributed by atoms with E-state index < -0.39 is 0 Å². The maximum Gasteiger partial charge on any atom is 0.233 e. The molecule has 4 rings (SSSR count). The largest absolute Gasteiger partial charge is 0.369 e. The van der Waals surface area contributed by atoms with Crippen LogP contribution >= 0.6 is 11.8 Å². The molecule has 1 unspecified atom stereocenters. The average molecular weight is 385 g/mol. The van der Waals surface area contributed by atoms with E-state index in [0.29, 0.717) is 19.0 Å². The van der Waals surface area contributed by atoms with E-state index in [-0.39, 0.29) is 23.5 Å². The molecule has 2 aliphatic rings. The average Bonchev–Trinajstić information content (AvgIpc) is 3.46. The topological polar surface area (TPSA) is 94.1 Å². The molecular weight excluding hydrogens is 362 g/mol. The highest BCUT2D eigenvalue weighted by Crippen LogP contribution is 2.41. The van der Waals surface area contributed by atoms with Gasteiger partial charge in [-0.1, -0.05) is 30.0 Å². The summed E-state index contributed by atoms with van der Waals surface area (Å²) in [5.41, 5.74) is 6.43. The number of nitrogens with zero attached hydrogens (tertiary/aromatic N) is 4. The van der Waals surface area contributed by atoms with Crippen molar-refractivity contribution >= 4 is 23.6 Å². The molecule has 0 bridgehead atoms. The van der Waals surface area contributed by atoms with Crippen LogP contribution in [0.2, 0.25) is 0 Å². The monoisotopic (exact) mass is 385 g/mol. The Morgan fingerprint density at radius 2 is 1.93 bits per heavy atom. The molecule has 0 spiro atoms. The van der Waals surface area contributed by atoms with Gasteiger partial charge in [0.15, 0.2) is 5.16 Å². The summed E-state index contributed by atoms with van der Waals surface area (Å²) in [6, 6.07) is 10.0. The van der Waals surface area contributed by atoms with Crippen molar-refractivity contribution in [1.82, 2.24) is 19.7 Å². The van der Waals surface area contributed by atoms with Gasteiger partial charge in [0.2, 0.25) is 11.8 Å². The van der Waals surface area contributed by atoms with Crippen molar-refractivity contribution in [3.05, 3.63) is 36.2 Å². The molecule has 1 aromatic heterocycles. The van der Waals surface area contributed by atoms with Crippen LogP contribution in [0.15, 0.2) is 35.5 Å². The molecule has 2 amide bonds. The van der Waals surface area contributed by atoms with Crippen LogP contribution < -0.4 is 5.73 Å². The highest BCUT2D eigenvalue weighted by atomic mass is 32.2. The van der Waals surface area contributed by atoms with E-state index in [1.54, 1.807) is 4.90 Å². The molecule has 8 heteroatoms. The predicted molar refractivity (Wildman–Crippen MR) is 103 cm³/mol. The van der Waals surface area contributed by atoms with Gasteiger partial charge in [0, 0.05) is 24.7 Å². The number of rotatable bonds is 6. The molecule has 2 N–H and O–H groups in total. The zero-order valence-electron chi connectivity index (χ0n) is 15.1. The number of nitrogens with two attached hydrogens (primary N) is 1. The van der Waals surface area contributed by atoms with Crippen LogP contribution in [0.25, 0.3) is 5.69 Å². The summed E-state index contributed by atoms with van der Waals surface area (Å²) in [6.45, 7) is 1.11. The maximum absolute atomic E-state index is 12.6. The van der Waals surface area contributed by atoms with Crippen molar-refractivity contribution in [2.24, 2.45) is 11.7 Å². The van der Waals surface area contributed by atoms with Gasteiger partial charge in [-0.3, -0.25) is 14.2 Å². The van der Waals surface area contributed by atoms with E-state index in [0.717, 1.165) is 42.4 Å². The number of hydrogen-bond acceptors (Lipinski definition) is 5. The quantitative estimate of drug-likeness (QED) is 0.767. The van der Waals surface area contributed by atoms with E-state index in [2.05, 4.69) is 14.8 Å². The normalized spacial score (nSPS) is 19.9. The number of aromatic nitrogens is 3. The lowest BCUT2D eigenvalue weighted by Crippen LogP contribution is -2.44. The number of carbonyl (C=O) groups excluding carboxylic acids is 2. The Hall–Kier alpha value is -2.35. The Labute approximate surface area is 162 Å². The Morgan fingerprint density at radius 1 is 1.15 bits per heavy atom. The minimum Gasteiger partial charge on any atom is -0.369 e. The summed E-state index contributed by atoms with van der Waals surface area (Å²) in [7, 11) is 0. The molecule has 1 atom stereocenters. The Balaban J connectivity index is 1.47. The number of para-hydroxylation sites is 1. The number of hydrogen-bond donors (Lipinski definition) is 1. The summed E-state index contributed by atoms with van der Waals surface area (Å²) >= 11 is 1.40. The zero-order chi connectivity index (χ0) is 18.8. The number of benzene rings is 1. The van der Waals surface area contributed by atoms with Crippen molar-refractivity contribution in [2.75, 3.05) is 18.8 Å². The van der Waals surface area contributed by atoms with Crippen molar-refractivity contribution in [2.45, 2.75) is 36.8 Å². The van der Waals surface area contributed by atoms with Crippen molar-refractivity contribution in [3.8, 4) is 5.69 Å². The molecule has 1 aliphatic heterocycles. The molecule has 142 valence electrons. The number of primary amides is 1. The molecule has 27 heavy (non-hydrogen) atoms. The number of likely N-dealkylation sites (tertiary alicyclic amines) is 1. The van der Waals surface area contributed by atoms with E-state index in [1.807, 2.05) is 30.3 Å². The highest BCUT2D eigenvalue weighted by molar-refractivity contribution is 7.99. The maximum atomic E-state index is 12.6. The number of piperidine rings is 1. The third-order valence-electron chi connectivity index (χ3n) is 5.12. The van der Waals surface area contributed by atoms with Gasteiger partial charge in [0.1, 0.15) is 5.82 Å². The van der Waals surface area contributed by atoms with E-state index in [1.165, 1.54) is 11.8 Å². The molecule has 1 aliphatic carbocycles. The van der Waals surface area contributed by atoms with Crippen LogP contribution in [-0.2, 0) is 9.59 Å². The summed E-state index contributed by atoms with van der Waals surface area (Å²) < 4.78 is 2.07. The lowest BCUT2D eigenvalue weighted by atomic mass is 9.97. The highest BCUT2D eigenvalue weighted by Gasteiger charge is 2.32. The van der Waals surface area contributed by atoms with Gasteiger partial charge in [0.05, 0.1) is 11.7 Å². The Kier molecular flexibility index (Phi) is 5.15. The van der Waals surface area contributed by atoms with E-state index >= 15 is 0 Å². The second-order valence-electron chi connectivity index (χ2n) is 7.16. The molecular formula is C19H23N5O2S. The molecule has 2 heterocycles. The second-order valence-corrected chi connectivity index (χ2v) is 8.10. The lowest BCUT2D eigenvalue weighted by Gasteiger charge is -2.31. The Bertz CT molecular complexity index is 834. The number of thioether (sulfide) groups is 1. The molecule has 7 nitrogen and oxygen atoms in total. The minimum atomic E-state index is -0.321. The van der Waals surface area contributed by atoms with Gasteiger partial charge < -0.3 is 10.6 Å². The van der Waals surface area contributed by atoms with Gasteiger partial charge in [-0.2, -0.15) is 0 Å².